The van der Waals surface area contributed by atoms with Crippen molar-refractivity contribution in [2.24, 2.45) is 0 Å². The lowest BCUT2D eigenvalue weighted by molar-refractivity contribution is 0.100. The van der Waals surface area contributed by atoms with Gasteiger partial charge in [0.1, 0.15) is 0 Å². The van der Waals surface area contributed by atoms with Crippen LogP contribution in [0.4, 0.5) is 0 Å². The smallest absolute Gasteiger partial charge is 0.0640 e. The fourth-order valence-corrected chi connectivity index (χ4v) is 2.05. The van der Waals surface area contributed by atoms with Crippen LogP contribution in [0, 0.1) is 0 Å². The molecule has 1 rings (SSSR count). The molecule has 0 aliphatic carbocycles. The van der Waals surface area contributed by atoms with Crippen LogP contribution in [0.2, 0.25) is 0 Å². The molecule has 0 bridgehead atoms. The molecule has 0 aromatic carbocycles. The van der Waals surface area contributed by atoms with Crippen LogP contribution in [0.1, 0.15) is 45.9 Å². The molecule has 1 aromatic heterocycles. The molecule has 0 aliphatic heterocycles. The van der Waals surface area contributed by atoms with E-state index in [1.165, 1.54) is 0 Å². The molecular formula is C14H27N3O. The molecule has 0 saturated carbocycles. The van der Waals surface area contributed by atoms with Crippen molar-refractivity contribution in [2.75, 3.05) is 13.7 Å². The predicted molar refractivity (Wildman–Crippen MR) is 74.9 cm³/mol. The Kier molecular flexibility index (Phi) is 6.36. The lowest BCUT2D eigenvalue weighted by Crippen LogP contribution is -2.34. The zero-order chi connectivity index (χ0) is 13.5. The molecular weight excluding hydrogens is 226 g/mol. The summed E-state index contributed by atoms with van der Waals surface area (Å²) in [5.41, 5.74) is 1.15. The second-order valence-corrected chi connectivity index (χ2v) is 5.12. The number of hydrogen-bond donors (Lipinski definition) is 1. The van der Waals surface area contributed by atoms with Crippen molar-refractivity contribution in [3.05, 3.63) is 18.0 Å². The molecule has 2 atom stereocenters. The SMILES string of the molecule is CCNC(Cc1ccn(C(C)C)n1)CC(C)OC. The van der Waals surface area contributed by atoms with Gasteiger partial charge in [0.25, 0.3) is 0 Å². The van der Waals surface area contributed by atoms with Crippen LogP contribution >= 0.6 is 0 Å². The third kappa shape index (κ3) is 4.78. The van der Waals surface area contributed by atoms with Crippen LogP contribution in [-0.4, -0.2) is 35.6 Å². The molecule has 0 radical (unpaired) electrons. The van der Waals surface area contributed by atoms with E-state index in [1.54, 1.807) is 7.11 Å². The Morgan fingerprint density at radius 1 is 1.39 bits per heavy atom. The zero-order valence-corrected chi connectivity index (χ0v) is 12.3. The van der Waals surface area contributed by atoms with E-state index in [-0.39, 0.29) is 6.10 Å². The summed E-state index contributed by atoms with van der Waals surface area (Å²) in [6, 6.07) is 2.97. The monoisotopic (exact) mass is 253 g/mol. The highest BCUT2D eigenvalue weighted by molar-refractivity contribution is 5.02. The minimum atomic E-state index is 0.279. The highest BCUT2D eigenvalue weighted by Crippen LogP contribution is 2.10. The van der Waals surface area contributed by atoms with Gasteiger partial charge >= 0.3 is 0 Å². The van der Waals surface area contributed by atoms with Crippen LogP contribution in [0.15, 0.2) is 12.3 Å². The van der Waals surface area contributed by atoms with Gasteiger partial charge < -0.3 is 10.1 Å². The van der Waals surface area contributed by atoms with Crippen LogP contribution in [-0.2, 0) is 11.2 Å². The van der Waals surface area contributed by atoms with Gasteiger partial charge in [-0.05, 0) is 39.8 Å². The molecule has 4 heteroatoms. The van der Waals surface area contributed by atoms with Crippen LogP contribution in [0.5, 0.6) is 0 Å². The molecule has 0 amide bonds. The van der Waals surface area contributed by atoms with Gasteiger partial charge in [-0.25, -0.2) is 0 Å². The largest absolute Gasteiger partial charge is 0.382 e. The summed E-state index contributed by atoms with van der Waals surface area (Å²) in [5, 5.41) is 8.11. The van der Waals surface area contributed by atoms with Crippen molar-refractivity contribution in [3.63, 3.8) is 0 Å². The van der Waals surface area contributed by atoms with Crippen molar-refractivity contribution in [1.29, 1.82) is 0 Å². The topological polar surface area (TPSA) is 39.1 Å². The summed E-state index contributed by atoms with van der Waals surface area (Å²) in [7, 11) is 1.77. The maximum Gasteiger partial charge on any atom is 0.0640 e. The minimum Gasteiger partial charge on any atom is -0.382 e. The first kappa shape index (κ1) is 15.2. The Hall–Kier alpha value is -0.870. The summed E-state index contributed by atoms with van der Waals surface area (Å²) in [6.45, 7) is 9.51. The van der Waals surface area contributed by atoms with Gasteiger partial charge in [-0.15, -0.1) is 0 Å². The number of nitrogens with one attached hydrogen (secondary N) is 1. The van der Waals surface area contributed by atoms with Crippen molar-refractivity contribution >= 4 is 0 Å². The van der Waals surface area contributed by atoms with Crippen molar-refractivity contribution < 1.29 is 4.74 Å². The highest BCUT2D eigenvalue weighted by Gasteiger charge is 2.14. The third-order valence-corrected chi connectivity index (χ3v) is 3.16. The second-order valence-electron chi connectivity index (χ2n) is 5.12. The lowest BCUT2D eigenvalue weighted by Gasteiger charge is -2.20. The first-order valence-corrected chi connectivity index (χ1v) is 6.87. The Balaban J connectivity index is 2.58. The Morgan fingerprint density at radius 2 is 2.11 bits per heavy atom. The van der Waals surface area contributed by atoms with Gasteiger partial charge in [0.2, 0.25) is 0 Å². The van der Waals surface area contributed by atoms with E-state index in [2.05, 4.69) is 50.4 Å². The predicted octanol–water partition coefficient (Wildman–Crippen LogP) is 2.41. The van der Waals surface area contributed by atoms with Crippen molar-refractivity contribution in [1.82, 2.24) is 15.1 Å². The summed E-state index contributed by atoms with van der Waals surface area (Å²) in [5.74, 6) is 0. The average molecular weight is 253 g/mol. The van der Waals surface area contributed by atoms with Gasteiger partial charge in [-0.3, -0.25) is 4.68 Å². The Morgan fingerprint density at radius 3 is 2.61 bits per heavy atom. The van der Waals surface area contributed by atoms with E-state index in [0.717, 1.165) is 25.1 Å². The van der Waals surface area contributed by atoms with E-state index in [0.29, 0.717) is 12.1 Å². The third-order valence-electron chi connectivity index (χ3n) is 3.16. The fraction of sp³-hybridized carbons (Fsp3) is 0.786. The van der Waals surface area contributed by atoms with Gasteiger partial charge in [0.15, 0.2) is 0 Å². The standard InChI is InChI=1S/C14H27N3O/c1-6-15-14(9-12(4)18-5)10-13-7-8-17(16-13)11(2)3/h7-8,11-12,14-15H,6,9-10H2,1-5H3. The lowest BCUT2D eigenvalue weighted by atomic mass is 10.0. The molecule has 1 heterocycles. The van der Waals surface area contributed by atoms with E-state index in [9.17, 15) is 0 Å². The van der Waals surface area contributed by atoms with Crippen molar-refractivity contribution in [3.8, 4) is 0 Å². The zero-order valence-electron chi connectivity index (χ0n) is 12.3. The summed E-state index contributed by atoms with van der Waals surface area (Å²) in [6.07, 6.45) is 4.31. The molecule has 0 aliphatic rings. The van der Waals surface area contributed by atoms with E-state index >= 15 is 0 Å². The maximum atomic E-state index is 5.34. The first-order valence-electron chi connectivity index (χ1n) is 6.87. The first-order chi connectivity index (χ1) is 8.56. The average Bonchev–Trinajstić information content (AvgIpc) is 2.77. The van der Waals surface area contributed by atoms with Crippen molar-refractivity contribution in [2.45, 2.75) is 58.7 Å². The van der Waals surface area contributed by atoms with Gasteiger partial charge in [0, 0.05) is 31.8 Å². The van der Waals surface area contributed by atoms with E-state index in [4.69, 9.17) is 4.74 Å². The number of hydrogen-bond acceptors (Lipinski definition) is 3. The molecule has 104 valence electrons. The molecule has 1 N–H and O–H groups in total. The Bertz CT molecular complexity index is 336. The van der Waals surface area contributed by atoms with Crippen LogP contribution < -0.4 is 5.32 Å². The van der Waals surface area contributed by atoms with Gasteiger partial charge in [-0.1, -0.05) is 6.92 Å². The highest BCUT2D eigenvalue weighted by atomic mass is 16.5. The molecule has 0 spiro atoms. The van der Waals surface area contributed by atoms with E-state index in [1.807, 2.05) is 4.68 Å². The fourth-order valence-electron chi connectivity index (χ4n) is 2.05. The molecule has 0 fully saturated rings. The number of aromatic nitrogens is 2. The number of likely N-dealkylation sites (N-methyl/N-ethyl adjacent to an activating group) is 1. The Labute approximate surface area is 111 Å². The minimum absolute atomic E-state index is 0.279. The summed E-state index contributed by atoms with van der Waals surface area (Å²) < 4.78 is 7.35. The molecule has 18 heavy (non-hydrogen) atoms. The normalized spacial score (nSPS) is 15.0. The molecule has 2 unspecified atom stereocenters. The molecule has 4 nitrogen and oxygen atoms in total. The van der Waals surface area contributed by atoms with Gasteiger partial charge in [-0.2, -0.15) is 5.10 Å². The van der Waals surface area contributed by atoms with Crippen LogP contribution in [0.25, 0.3) is 0 Å². The summed E-state index contributed by atoms with van der Waals surface area (Å²) in [4.78, 5) is 0. The van der Waals surface area contributed by atoms with Crippen LogP contribution in [0.3, 0.4) is 0 Å². The number of nitrogens with zero attached hydrogens (tertiary/aromatic N) is 2. The maximum absolute atomic E-state index is 5.34. The second kappa shape index (κ2) is 7.54. The number of ether oxygens (including phenoxy) is 1. The number of rotatable bonds is 8. The quantitative estimate of drug-likeness (QED) is 0.773. The molecule has 0 saturated heterocycles. The number of methoxy groups -OCH3 is 1. The van der Waals surface area contributed by atoms with Gasteiger partial charge in [0.05, 0.1) is 11.8 Å². The van der Waals surface area contributed by atoms with E-state index < -0.39 is 0 Å². The molecule has 1 aromatic rings. The summed E-state index contributed by atoms with van der Waals surface area (Å²) >= 11 is 0.